The molecule has 2 fully saturated rings. The number of nitrogens with zero attached hydrogens (tertiary/aromatic N) is 1. The largest absolute Gasteiger partial charge is 0.356 e. The third-order valence-corrected chi connectivity index (χ3v) is 6.19. The van der Waals surface area contributed by atoms with Gasteiger partial charge in [0.1, 0.15) is 0 Å². The summed E-state index contributed by atoms with van der Waals surface area (Å²) in [5, 5.41) is 1.36. The lowest BCUT2D eigenvalue weighted by Crippen LogP contribution is -2.50. The third-order valence-electron chi connectivity index (χ3n) is 6.19. The molecule has 3 aliphatic rings. The van der Waals surface area contributed by atoms with Crippen molar-refractivity contribution in [2.45, 2.75) is 44.6 Å². The lowest BCUT2D eigenvalue weighted by atomic mass is 9.71. The van der Waals surface area contributed by atoms with Crippen LogP contribution in [0.5, 0.6) is 0 Å². The fourth-order valence-electron chi connectivity index (χ4n) is 5.14. The van der Waals surface area contributed by atoms with Crippen molar-refractivity contribution in [3.8, 4) is 0 Å². The summed E-state index contributed by atoms with van der Waals surface area (Å²) in [6.45, 7) is 0.904. The van der Waals surface area contributed by atoms with Gasteiger partial charge in [0.05, 0.1) is 6.04 Å². The highest BCUT2D eigenvalue weighted by molar-refractivity contribution is 5.87. The molecule has 0 spiro atoms. The van der Waals surface area contributed by atoms with Gasteiger partial charge < -0.3 is 9.88 Å². The van der Waals surface area contributed by atoms with Gasteiger partial charge in [0.25, 0.3) is 0 Å². The van der Waals surface area contributed by atoms with Gasteiger partial charge in [0.15, 0.2) is 0 Å². The van der Waals surface area contributed by atoms with Crippen molar-refractivity contribution < 1.29 is 4.79 Å². The van der Waals surface area contributed by atoms with Gasteiger partial charge in [0.2, 0.25) is 5.91 Å². The summed E-state index contributed by atoms with van der Waals surface area (Å²) in [4.78, 5) is 18.8. The first-order valence-electron chi connectivity index (χ1n) is 8.73. The molecule has 0 bridgehead atoms. The second kappa shape index (κ2) is 4.61. The summed E-state index contributed by atoms with van der Waals surface area (Å²) in [5.74, 6) is 1.36. The first-order chi connectivity index (χ1) is 10.8. The van der Waals surface area contributed by atoms with Crippen molar-refractivity contribution in [3.63, 3.8) is 0 Å². The van der Waals surface area contributed by atoms with Gasteiger partial charge in [-0.3, -0.25) is 4.79 Å². The highest BCUT2D eigenvalue weighted by atomic mass is 16.2. The van der Waals surface area contributed by atoms with E-state index in [1.807, 2.05) is 0 Å². The zero-order valence-corrected chi connectivity index (χ0v) is 12.8. The summed E-state index contributed by atoms with van der Waals surface area (Å²) in [5.41, 5.74) is 4.01. The van der Waals surface area contributed by atoms with Crippen molar-refractivity contribution in [3.05, 3.63) is 35.5 Å². The lowest BCUT2D eigenvalue weighted by Gasteiger charge is -2.47. The van der Waals surface area contributed by atoms with Crippen molar-refractivity contribution in [1.82, 2.24) is 9.88 Å². The topological polar surface area (TPSA) is 36.1 Å². The van der Waals surface area contributed by atoms with Crippen molar-refractivity contribution in [2.24, 2.45) is 11.8 Å². The molecule has 3 heterocycles. The Balaban J connectivity index is 1.60. The molecule has 114 valence electrons. The van der Waals surface area contributed by atoms with E-state index < -0.39 is 0 Å². The zero-order valence-electron chi connectivity index (χ0n) is 12.8. The van der Waals surface area contributed by atoms with Gasteiger partial charge in [0, 0.05) is 29.1 Å². The summed E-state index contributed by atoms with van der Waals surface area (Å²) in [7, 11) is 0. The quantitative estimate of drug-likeness (QED) is 0.788. The summed E-state index contributed by atoms with van der Waals surface area (Å²) >= 11 is 0. The smallest absolute Gasteiger partial charge is 0.226 e. The maximum Gasteiger partial charge on any atom is 0.226 e. The lowest BCUT2D eigenvalue weighted by molar-refractivity contribution is -0.148. The number of benzene rings is 1. The molecule has 1 N–H and O–H groups in total. The maximum atomic E-state index is 12.9. The number of piperidine rings is 1. The Morgan fingerprint density at radius 1 is 1.14 bits per heavy atom. The Bertz CT molecular complexity index is 747. The Hall–Kier alpha value is -1.77. The van der Waals surface area contributed by atoms with E-state index in [0.29, 0.717) is 23.8 Å². The van der Waals surface area contributed by atoms with E-state index in [1.165, 1.54) is 41.4 Å². The van der Waals surface area contributed by atoms with E-state index in [1.54, 1.807) is 0 Å². The fraction of sp³-hybridized carbons (Fsp3) is 0.526. The van der Waals surface area contributed by atoms with Crippen LogP contribution in [0.3, 0.4) is 0 Å². The summed E-state index contributed by atoms with van der Waals surface area (Å²) < 4.78 is 0. The molecule has 0 unspecified atom stereocenters. The molecule has 5 rings (SSSR count). The SMILES string of the molecule is O=C1[C@H]2CCCC[C@H]2C[C@@H]2c3[nH]c4ccccc4c3CCN12. The van der Waals surface area contributed by atoms with Gasteiger partial charge in [-0.1, -0.05) is 31.0 Å². The number of H-pyrrole nitrogens is 1. The summed E-state index contributed by atoms with van der Waals surface area (Å²) in [6, 6.07) is 8.88. The predicted octanol–water partition coefficient (Wildman–Crippen LogP) is 3.80. The first-order valence-corrected chi connectivity index (χ1v) is 8.73. The second-order valence-electron chi connectivity index (χ2n) is 7.25. The number of nitrogens with one attached hydrogen (secondary N) is 1. The first kappa shape index (κ1) is 12.7. The standard InChI is InChI=1S/C19H22N2O/c22-19-13-6-2-1-5-12(13)11-17-18-15(9-10-21(17)19)14-7-3-4-8-16(14)20-18/h3-4,7-8,12-13,17,20H,1-2,5-6,9-11H2/t12-,13-,17+/m0/s1. The second-order valence-corrected chi connectivity index (χ2v) is 7.25. The van der Waals surface area contributed by atoms with Crippen LogP contribution in [0.15, 0.2) is 24.3 Å². The van der Waals surface area contributed by atoms with E-state index in [4.69, 9.17) is 0 Å². The Labute approximate surface area is 130 Å². The Morgan fingerprint density at radius 2 is 2.00 bits per heavy atom. The molecule has 1 amide bonds. The Kier molecular flexibility index (Phi) is 2.67. The number of aromatic amines is 1. The molecule has 2 aromatic rings. The van der Waals surface area contributed by atoms with Crippen molar-refractivity contribution in [1.29, 1.82) is 0 Å². The molecule has 3 heteroatoms. The molecule has 3 nitrogen and oxygen atoms in total. The number of para-hydroxylation sites is 1. The molecule has 3 atom stereocenters. The van der Waals surface area contributed by atoms with E-state index in [-0.39, 0.29) is 0 Å². The van der Waals surface area contributed by atoms with E-state index in [9.17, 15) is 4.79 Å². The van der Waals surface area contributed by atoms with Crippen LogP contribution in [-0.2, 0) is 11.2 Å². The van der Waals surface area contributed by atoms with Crippen LogP contribution in [0.4, 0.5) is 0 Å². The minimum Gasteiger partial charge on any atom is -0.356 e. The maximum absolute atomic E-state index is 12.9. The molecule has 1 aromatic heterocycles. The third kappa shape index (κ3) is 1.65. The van der Waals surface area contributed by atoms with Crippen molar-refractivity contribution >= 4 is 16.8 Å². The number of fused-ring (bicyclic) bond motifs is 6. The molecule has 22 heavy (non-hydrogen) atoms. The van der Waals surface area contributed by atoms with Crippen LogP contribution in [0, 0.1) is 11.8 Å². The molecule has 1 aliphatic carbocycles. The van der Waals surface area contributed by atoms with E-state index in [2.05, 4.69) is 34.1 Å². The zero-order chi connectivity index (χ0) is 14.7. The number of hydrogen-bond acceptors (Lipinski definition) is 1. The minimum absolute atomic E-state index is 0.294. The van der Waals surface area contributed by atoms with Crippen LogP contribution >= 0.6 is 0 Å². The van der Waals surface area contributed by atoms with Crippen LogP contribution in [-0.4, -0.2) is 22.3 Å². The number of carbonyl (C=O) groups is 1. The number of carbonyl (C=O) groups excluding carboxylic acids is 1. The average Bonchev–Trinajstić information content (AvgIpc) is 2.94. The average molecular weight is 294 g/mol. The highest BCUT2D eigenvalue weighted by Crippen LogP contribution is 2.47. The Morgan fingerprint density at radius 3 is 2.95 bits per heavy atom. The number of hydrogen-bond donors (Lipinski definition) is 1. The van der Waals surface area contributed by atoms with Gasteiger partial charge in [-0.05, 0) is 43.2 Å². The predicted molar refractivity (Wildman–Crippen MR) is 86.5 cm³/mol. The molecule has 0 radical (unpaired) electrons. The van der Waals surface area contributed by atoms with Gasteiger partial charge in [-0.25, -0.2) is 0 Å². The molecule has 1 saturated carbocycles. The molecular weight excluding hydrogens is 272 g/mol. The molecule has 1 aromatic carbocycles. The molecule has 2 aliphatic heterocycles. The van der Waals surface area contributed by atoms with Crippen LogP contribution < -0.4 is 0 Å². The monoisotopic (exact) mass is 294 g/mol. The van der Waals surface area contributed by atoms with Gasteiger partial charge in [-0.2, -0.15) is 0 Å². The molecular formula is C19H22N2O. The van der Waals surface area contributed by atoms with Crippen LogP contribution in [0.1, 0.15) is 49.4 Å². The highest BCUT2D eigenvalue weighted by Gasteiger charge is 2.45. The normalized spacial score (nSPS) is 30.8. The molecule has 1 saturated heterocycles. The van der Waals surface area contributed by atoms with Crippen LogP contribution in [0.25, 0.3) is 10.9 Å². The minimum atomic E-state index is 0.294. The van der Waals surface area contributed by atoms with E-state index >= 15 is 0 Å². The van der Waals surface area contributed by atoms with Crippen LogP contribution in [0.2, 0.25) is 0 Å². The van der Waals surface area contributed by atoms with Crippen molar-refractivity contribution in [2.75, 3.05) is 6.54 Å². The van der Waals surface area contributed by atoms with Gasteiger partial charge >= 0.3 is 0 Å². The number of aromatic nitrogens is 1. The summed E-state index contributed by atoms with van der Waals surface area (Å²) in [6.07, 6.45) is 7.07. The fourth-order valence-corrected chi connectivity index (χ4v) is 5.14. The van der Waals surface area contributed by atoms with Gasteiger partial charge in [-0.15, -0.1) is 0 Å². The number of rotatable bonds is 0. The number of amides is 1. The van der Waals surface area contributed by atoms with E-state index in [0.717, 1.165) is 25.8 Å².